The maximum atomic E-state index is 13.1. The van der Waals surface area contributed by atoms with Crippen molar-refractivity contribution in [2.45, 2.75) is 38.5 Å². The van der Waals surface area contributed by atoms with E-state index >= 15 is 0 Å². The number of amides is 1. The van der Waals surface area contributed by atoms with Crippen LogP contribution in [0.2, 0.25) is 0 Å². The Hall–Kier alpha value is -3.02. The van der Waals surface area contributed by atoms with Gasteiger partial charge in [-0.15, -0.1) is 0 Å². The molecule has 1 amide bonds. The maximum Gasteiger partial charge on any atom is 0.312 e. The second kappa shape index (κ2) is 10.1. The Bertz CT molecular complexity index is 931. The first-order chi connectivity index (χ1) is 15.6. The summed E-state index contributed by atoms with van der Waals surface area (Å²) in [6.07, 6.45) is 4.92. The third-order valence-electron chi connectivity index (χ3n) is 6.68. The van der Waals surface area contributed by atoms with Crippen molar-refractivity contribution in [2.75, 3.05) is 33.4 Å². The number of benzene rings is 2. The number of aryl methyl sites for hydroxylation is 1. The molecule has 6 heteroatoms. The van der Waals surface area contributed by atoms with Gasteiger partial charge < -0.3 is 19.1 Å². The highest BCUT2D eigenvalue weighted by atomic mass is 16.6. The van der Waals surface area contributed by atoms with Crippen molar-refractivity contribution in [1.82, 2.24) is 4.90 Å². The van der Waals surface area contributed by atoms with Gasteiger partial charge in [-0.1, -0.05) is 24.6 Å². The molecular formula is C26H31NO5. The summed E-state index contributed by atoms with van der Waals surface area (Å²) in [5.74, 6) is 1.45. The molecule has 2 aromatic carbocycles. The molecule has 0 aromatic heterocycles. The summed E-state index contributed by atoms with van der Waals surface area (Å²) >= 11 is 0. The molecule has 1 spiro atoms. The Morgan fingerprint density at radius 2 is 1.66 bits per heavy atom. The van der Waals surface area contributed by atoms with Gasteiger partial charge in [0.05, 0.1) is 12.5 Å². The number of carbonyl (C=O) groups is 2. The fourth-order valence-corrected chi connectivity index (χ4v) is 4.68. The minimum atomic E-state index is -0.518. The van der Waals surface area contributed by atoms with Gasteiger partial charge in [0, 0.05) is 18.7 Å². The van der Waals surface area contributed by atoms with E-state index in [1.165, 1.54) is 5.56 Å². The molecule has 170 valence electrons. The minimum Gasteiger partial charge on any atom is -0.497 e. The Kier molecular flexibility index (Phi) is 6.98. The first kappa shape index (κ1) is 22.2. The first-order valence-electron chi connectivity index (χ1n) is 11.4. The van der Waals surface area contributed by atoms with Crippen molar-refractivity contribution >= 4 is 11.9 Å². The van der Waals surface area contributed by atoms with Gasteiger partial charge >= 0.3 is 5.97 Å². The minimum absolute atomic E-state index is 0.00553. The Morgan fingerprint density at radius 3 is 2.41 bits per heavy atom. The number of rotatable bonds is 2. The van der Waals surface area contributed by atoms with E-state index in [9.17, 15) is 9.59 Å². The maximum absolute atomic E-state index is 13.1. The van der Waals surface area contributed by atoms with E-state index in [0.717, 1.165) is 37.2 Å². The molecule has 0 atom stereocenters. The Morgan fingerprint density at radius 1 is 0.938 bits per heavy atom. The van der Waals surface area contributed by atoms with Crippen molar-refractivity contribution in [1.29, 1.82) is 0 Å². The topological polar surface area (TPSA) is 65.1 Å². The van der Waals surface area contributed by atoms with Gasteiger partial charge in [-0.3, -0.25) is 9.59 Å². The number of para-hydroxylation sites is 1. The highest BCUT2D eigenvalue weighted by Gasteiger charge is 2.43. The number of fused-ring (bicyclic) bond motifs is 1. The summed E-state index contributed by atoms with van der Waals surface area (Å²) in [7, 11) is 1.60. The molecule has 0 radical (unpaired) electrons. The Balaban J connectivity index is 1.40. The zero-order valence-electron chi connectivity index (χ0n) is 18.7. The molecule has 0 N–H and O–H groups in total. The van der Waals surface area contributed by atoms with Crippen LogP contribution in [0.15, 0.2) is 48.5 Å². The summed E-state index contributed by atoms with van der Waals surface area (Å²) in [5, 5.41) is 0. The summed E-state index contributed by atoms with van der Waals surface area (Å²) in [6, 6.07) is 15.2. The zero-order valence-corrected chi connectivity index (χ0v) is 18.7. The summed E-state index contributed by atoms with van der Waals surface area (Å²) in [6.45, 7) is 1.70. The van der Waals surface area contributed by atoms with E-state index in [1.807, 2.05) is 23.1 Å². The number of hydrogen-bond acceptors (Lipinski definition) is 5. The van der Waals surface area contributed by atoms with Crippen LogP contribution in [0.25, 0.3) is 0 Å². The fraction of sp³-hybridized carbons (Fsp3) is 0.462. The van der Waals surface area contributed by atoms with E-state index in [2.05, 4.69) is 6.07 Å². The second-order valence-electron chi connectivity index (χ2n) is 8.60. The average molecular weight is 438 g/mol. The van der Waals surface area contributed by atoms with Gasteiger partial charge in [0.2, 0.25) is 0 Å². The van der Waals surface area contributed by atoms with Crippen LogP contribution in [0.3, 0.4) is 0 Å². The predicted octanol–water partition coefficient (Wildman–Crippen LogP) is 4.27. The van der Waals surface area contributed by atoms with E-state index in [1.54, 1.807) is 31.4 Å². The number of methoxy groups -OCH3 is 1. The van der Waals surface area contributed by atoms with Crippen LogP contribution in [0.5, 0.6) is 11.5 Å². The van der Waals surface area contributed by atoms with Crippen molar-refractivity contribution in [3.05, 3.63) is 59.7 Å². The van der Waals surface area contributed by atoms with Gasteiger partial charge in [-0.05, 0) is 68.0 Å². The van der Waals surface area contributed by atoms with Gasteiger partial charge in [0.1, 0.15) is 24.7 Å². The lowest BCUT2D eigenvalue weighted by Crippen LogP contribution is -2.47. The number of piperidine rings is 1. The lowest BCUT2D eigenvalue weighted by molar-refractivity contribution is -0.160. The molecule has 1 fully saturated rings. The second-order valence-corrected chi connectivity index (χ2v) is 8.60. The molecule has 1 saturated heterocycles. The van der Waals surface area contributed by atoms with Gasteiger partial charge in [0.25, 0.3) is 5.91 Å². The van der Waals surface area contributed by atoms with Crippen LogP contribution in [0, 0.1) is 5.41 Å². The zero-order chi connectivity index (χ0) is 22.4. The summed E-state index contributed by atoms with van der Waals surface area (Å²) < 4.78 is 16.7. The number of cyclic esters (lactones) is 1. The van der Waals surface area contributed by atoms with Crippen LogP contribution < -0.4 is 9.47 Å². The molecule has 2 heterocycles. The molecular weight excluding hydrogens is 406 g/mol. The van der Waals surface area contributed by atoms with Crippen LogP contribution in [0.1, 0.15) is 48.0 Å². The number of nitrogens with zero attached hydrogens (tertiary/aromatic N) is 1. The third-order valence-corrected chi connectivity index (χ3v) is 6.68. The van der Waals surface area contributed by atoms with Crippen LogP contribution >= 0.6 is 0 Å². The fourth-order valence-electron chi connectivity index (χ4n) is 4.68. The van der Waals surface area contributed by atoms with Gasteiger partial charge in [0.15, 0.2) is 0 Å². The monoisotopic (exact) mass is 437 g/mol. The molecule has 0 saturated carbocycles. The van der Waals surface area contributed by atoms with Crippen molar-refractivity contribution in [3.63, 3.8) is 0 Å². The molecule has 2 aliphatic heterocycles. The average Bonchev–Trinajstić information content (AvgIpc) is 2.84. The largest absolute Gasteiger partial charge is 0.497 e. The normalized spacial score (nSPS) is 19.0. The van der Waals surface area contributed by atoms with Crippen molar-refractivity contribution < 1.29 is 23.8 Å². The Labute approximate surface area is 189 Å². The number of hydrogen-bond donors (Lipinski definition) is 0. The first-order valence-corrected chi connectivity index (χ1v) is 11.4. The summed E-state index contributed by atoms with van der Waals surface area (Å²) in [5.41, 5.74) is 1.32. The molecule has 0 aliphatic carbocycles. The number of carbonyl (C=O) groups excluding carboxylic acids is 2. The molecule has 6 nitrogen and oxygen atoms in total. The molecule has 2 aromatic rings. The van der Waals surface area contributed by atoms with Crippen LogP contribution in [-0.2, 0) is 16.0 Å². The van der Waals surface area contributed by atoms with Crippen LogP contribution in [-0.4, -0.2) is 50.2 Å². The van der Waals surface area contributed by atoms with Gasteiger partial charge in [-0.2, -0.15) is 0 Å². The van der Waals surface area contributed by atoms with E-state index < -0.39 is 5.41 Å². The molecule has 0 unspecified atom stereocenters. The molecule has 4 rings (SSSR count). The SMILES string of the molecule is COc1ccc(C(=O)N2CCC3(CCCCc4ccccc4OCCOC3=O)CC2)cc1. The van der Waals surface area contributed by atoms with Crippen LogP contribution in [0.4, 0.5) is 0 Å². The van der Waals surface area contributed by atoms with Crippen molar-refractivity contribution in [2.24, 2.45) is 5.41 Å². The molecule has 0 bridgehead atoms. The summed E-state index contributed by atoms with van der Waals surface area (Å²) in [4.78, 5) is 27.8. The third kappa shape index (κ3) is 4.90. The lowest BCUT2D eigenvalue weighted by atomic mass is 9.74. The number of esters is 1. The lowest BCUT2D eigenvalue weighted by Gasteiger charge is -2.40. The highest BCUT2D eigenvalue weighted by molar-refractivity contribution is 5.94. The standard InChI is InChI=1S/C26H31NO5/c1-30-22-11-9-21(10-12-22)24(28)27-16-14-26(15-17-27)13-5-4-7-20-6-2-3-8-23(20)31-18-19-32-25(26)29/h2-3,6,8-12H,4-5,7,13-19H2,1H3. The predicted molar refractivity (Wildman–Crippen MR) is 121 cm³/mol. The van der Waals surface area contributed by atoms with E-state index in [-0.39, 0.29) is 18.5 Å². The van der Waals surface area contributed by atoms with Crippen molar-refractivity contribution in [3.8, 4) is 11.5 Å². The quantitative estimate of drug-likeness (QED) is 0.657. The van der Waals surface area contributed by atoms with Gasteiger partial charge in [-0.25, -0.2) is 0 Å². The number of ether oxygens (including phenoxy) is 3. The van der Waals surface area contributed by atoms with E-state index in [4.69, 9.17) is 14.2 Å². The smallest absolute Gasteiger partial charge is 0.312 e. The van der Waals surface area contributed by atoms with E-state index in [0.29, 0.717) is 38.1 Å². The number of likely N-dealkylation sites (tertiary alicyclic amines) is 1. The molecule has 32 heavy (non-hydrogen) atoms. The highest BCUT2D eigenvalue weighted by Crippen LogP contribution is 2.39. The molecule has 2 aliphatic rings.